The molecule has 1 aromatic heterocycles. The monoisotopic (exact) mass is 276 g/mol. The van der Waals surface area contributed by atoms with Gasteiger partial charge < -0.3 is 10.5 Å². The first-order valence-electron chi connectivity index (χ1n) is 5.43. The number of aromatic amines is 1. The van der Waals surface area contributed by atoms with Crippen LogP contribution in [0, 0.1) is 0 Å². The van der Waals surface area contributed by atoms with E-state index >= 15 is 0 Å². The minimum atomic E-state index is -3.69. The lowest BCUT2D eigenvalue weighted by molar-refractivity contribution is 0.0519. The van der Waals surface area contributed by atoms with Crippen molar-refractivity contribution in [3.8, 4) is 0 Å². The van der Waals surface area contributed by atoms with Crippen LogP contribution in [0.3, 0.4) is 0 Å². The lowest BCUT2D eigenvalue weighted by atomic mass is 10.4. The molecule has 0 spiro atoms. The van der Waals surface area contributed by atoms with Gasteiger partial charge in [-0.15, -0.1) is 0 Å². The average molecular weight is 276 g/mol. The molecule has 0 aliphatic carbocycles. The van der Waals surface area contributed by atoms with E-state index in [9.17, 15) is 13.2 Å². The van der Waals surface area contributed by atoms with Gasteiger partial charge in [0.05, 0.1) is 6.61 Å². The van der Waals surface area contributed by atoms with Gasteiger partial charge in [-0.05, 0) is 19.9 Å². The van der Waals surface area contributed by atoms with Crippen molar-refractivity contribution in [2.24, 2.45) is 5.73 Å². The Morgan fingerprint density at radius 1 is 1.61 bits per heavy atom. The molecule has 18 heavy (non-hydrogen) atoms. The number of sulfonamides is 1. The number of nitrogens with zero attached hydrogens (tertiary/aromatic N) is 1. The largest absolute Gasteiger partial charge is 0.461 e. The van der Waals surface area contributed by atoms with Crippen molar-refractivity contribution < 1.29 is 17.9 Å². The van der Waals surface area contributed by atoms with Crippen LogP contribution in [-0.4, -0.2) is 44.3 Å². The van der Waals surface area contributed by atoms with E-state index in [0.29, 0.717) is 13.0 Å². The molecule has 0 atom stereocenters. The Labute approximate surface area is 105 Å². The summed E-state index contributed by atoms with van der Waals surface area (Å²) in [6, 6.07) is 1.13. The molecule has 0 saturated heterocycles. The van der Waals surface area contributed by atoms with Crippen molar-refractivity contribution in [1.82, 2.24) is 14.9 Å². The third-order valence-corrected chi connectivity index (χ3v) is 3.37. The summed E-state index contributed by atoms with van der Waals surface area (Å²) in [5.41, 5.74) is 5.18. The molecule has 8 nitrogen and oxygen atoms in total. The molecule has 0 unspecified atom stereocenters. The minimum Gasteiger partial charge on any atom is -0.461 e. The summed E-state index contributed by atoms with van der Waals surface area (Å²) in [6.07, 6.45) is 0.526. The summed E-state index contributed by atoms with van der Waals surface area (Å²) >= 11 is 0. The van der Waals surface area contributed by atoms with Gasteiger partial charge in [-0.2, -0.15) is 5.10 Å². The summed E-state index contributed by atoms with van der Waals surface area (Å²) in [6.45, 7) is 2.46. The van der Waals surface area contributed by atoms with Crippen LogP contribution in [0.15, 0.2) is 11.1 Å². The van der Waals surface area contributed by atoms with Crippen molar-refractivity contribution in [1.29, 1.82) is 0 Å². The average Bonchev–Trinajstić information content (AvgIpc) is 2.79. The summed E-state index contributed by atoms with van der Waals surface area (Å²) in [5, 5.41) is 5.69. The standard InChI is InChI=1S/C9H16N4O4S/c1-2-17-9(14)7-6-8(13-12-7)18(15,16)11-5-3-4-10/h6,11H,2-5,10H2,1H3,(H,12,13). The second-order valence-corrected chi connectivity index (χ2v) is 5.11. The number of H-pyrrole nitrogens is 1. The fourth-order valence-electron chi connectivity index (χ4n) is 1.14. The lowest BCUT2D eigenvalue weighted by Crippen LogP contribution is -2.26. The van der Waals surface area contributed by atoms with Crippen LogP contribution >= 0.6 is 0 Å². The molecule has 0 fully saturated rings. The van der Waals surface area contributed by atoms with E-state index < -0.39 is 16.0 Å². The fraction of sp³-hybridized carbons (Fsp3) is 0.556. The minimum absolute atomic E-state index is 0.0731. The highest BCUT2D eigenvalue weighted by Crippen LogP contribution is 2.07. The number of nitrogens with one attached hydrogen (secondary N) is 2. The van der Waals surface area contributed by atoms with E-state index in [0.717, 1.165) is 6.07 Å². The zero-order chi connectivity index (χ0) is 13.6. The van der Waals surface area contributed by atoms with E-state index in [1.54, 1.807) is 6.92 Å². The fourth-order valence-corrected chi connectivity index (χ4v) is 2.14. The molecule has 0 aliphatic rings. The Morgan fingerprint density at radius 3 is 2.94 bits per heavy atom. The lowest BCUT2D eigenvalue weighted by Gasteiger charge is -2.02. The maximum atomic E-state index is 11.7. The Bertz CT molecular complexity index is 496. The van der Waals surface area contributed by atoms with E-state index in [1.807, 2.05) is 0 Å². The highest BCUT2D eigenvalue weighted by atomic mass is 32.2. The molecule has 9 heteroatoms. The Kier molecular flexibility index (Phi) is 5.25. The highest BCUT2D eigenvalue weighted by molar-refractivity contribution is 7.89. The van der Waals surface area contributed by atoms with Gasteiger partial charge in [-0.25, -0.2) is 17.9 Å². The summed E-state index contributed by atoms with van der Waals surface area (Å²) < 4.78 is 30.5. The maximum Gasteiger partial charge on any atom is 0.358 e. The SMILES string of the molecule is CCOC(=O)c1cc(S(=O)(=O)NCCCN)[nH]n1. The zero-order valence-corrected chi connectivity index (χ0v) is 10.8. The molecular weight excluding hydrogens is 260 g/mol. The molecule has 0 radical (unpaired) electrons. The molecule has 102 valence electrons. The van der Waals surface area contributed by atoms with Crippen molar-refractivity contribution >= 4 is 16.0 Å². The number of hydrogen-bond acceptors (Lipinski definition) is 6. The first-order chi connectivity index (χ1) is 8.51. The quantitative estimate of drug-likeness (QED) is 0.442. The van der Waals surface area contributed by atoms with Crippen LogP contribution in [0.4, 0.5) is 0 Å². The molecule has 0 aromatic carbocycles. The van der Waals surface area contributed by atoms with Crippen molar-refractivity contribution in [2.75, 3.05) is 19.7 Å². The van der Waals surface area contributed by atoms with E-state index in [-0.39, 0.29) is 23.9 Å². The van der Waals surface area contributed by atoms with Crippen molar-refractivity contribution in [2.45, 2.75) is 18.4 Å². The van der Waals surface area contributed by atoms with Crippen LogP contribution in [0.1, 0.15) is 23.8 Å². The van der Waals surface area contributed by atoms with Gasteiger partial charge in [0.25, 0.3) is 10.0 Å². The van der Waals surface area contributed by atoms with Gasteiger partial charge in [-0.3, -0.25) is 5.10 Å². The predicted molar refractivity (Wildman–Crippen MR) is 63.4 cm³/mol. The zero-order valence-electron chi connectivity index (χ0n) is 9.97. The first kappa shape index (κ1) is 14.6. The van der Waals surface area contributed by atoms with Gasteiger partial charge in [0, 0.05) is 12.6 Å². The van der Waals surface area contributed by atoms with Crippen molar-refractivity contribution in [3.63, 3.8) is 0 Å². The molecule has 0 aliphatic heterocycles. The predicted octanol–water partition coefficient (Wildman–Crippen LogP) is -0.786. The summed E-state index contributed by atoms with van der Waals surface area (Å²) in [7, 11) is -3.69. The van der Waals surface area contributed by atoms with Gasteiger partial charge >= 0.3 is 5.97 Å². The molecule has 1 rings (SSSR count). The number of ether oxygens (including phenoxy) is 1. The number of nitrogens with two attached hydrogens (primary N) is 1. The molecule has 0 saturated carbocycles. The van der Waals surface area contributed by atoms with Crippen LogP contribution in [-0.2, 0) is 14.8 Å². The Morgan fingerprint density at radius 2 is 2.33 bits per heavy atom. The maximum absolute atomic E-state index is 11.7. The first-order valence-corrected chi connectivity index (χ1v) is 6.92. The molecule has 0 amide bonds. The molecule has 0 bridgehead atoms. The van der Waals surface area contributed by atoms with Crippen LogP contribution in [0.2, 0.25) is 0 Å². The van der Waals surface area contributed by atoms with Crippen LogP contribution in [0.25, 0.3) is 0 Å². The number of esters is 1. The molecular formula is C9H16N4O4S. The summed E-state index contributed by atoms with van der Waals surface area (Å²) in [5.74, 6) is -0.669. The van der Waals surface area contributed by atoms with Gasteiger partial charge in [0.15, 0.2) is 10.7 Å². The number of carbonyl (C=O) groups is 1. The van der Waals surface area contributed by atoms with Crippen molar-refractivity contribution in [3.05, 3.63) is 11.8 Å². The second-order valence-electron chi connectivity index (χ2n) is 3.38. The topological polar surface area (TPSA) is 127 Å². The molecule has 1 aromatic rings. The Balaban J connectivity index is 2.75. The van der Waals surface area contributed by atoms with Gasteiger partial charge in [-0.1, -0.05) is 0 Å². The smallest absolute Gasteiger partial charge is 0.358 e. The number of hydrogen-bond donors (Lipinski definition) is 3. The van der Waals surface area contributed by atoms with Crippen LogP contribution in [0.5, 0.6) is 0 Å². The normalized spacial score (nSPS) is 11.4. The summed E-state index contributed by atoms with van der Waals surface area (Å²) in [4.78, 5) is 11.3. The van der Waals surface area contributed by atoms with E-state index in [4.69, 9.17) is 10.5 Å². The van der Waals surface area contributed by atoms with Gasteiger partial charge in [0.2, 0.25) is 0 Å². The third-order valence-electron chi connectivity index (χ3n) is 2.00. The number of carbonyl (C=O) groups excluding carboxylic acids is 1. The van der Waals surface area contributed by atoms with E-state index in [2.05, 4.69) is 14.9 Å². The number of aromatic nitrogens is 2. The Hall–Kier alpha value is -1.45. The highest BCUT2D eigenvalue weighted by Gasteiger charge is 2.19. The number of rotatable bonds is 7. The third kappa shape index (κ3) is 3.79. The second kappa shape index (κ2) is 6.47. The van der Waals surface area contributed by atoms with Gasteiger partial charge in [0.1, 0.15) is 0 Å². The molecule has 4 N–H and O–H groups in total. The van der Waals surface area contributed by atoms with E-state index in [1.165, 1.54) is 0 Å². The van der Waals surface area contributed by atoms with Crippen LogP contribution < -0.4 is 10.5 Å². The molecule has 1 heterocycles.